The van der Waals surface area contributed by atoms with Gasteiger partial charge in [0.25, 0.3) is 0 Å². The first-order valence-electron chi connectivity index (χ1n) is 11.6. The second-order valence-corrected chi connectivity index (χ2v) is 10.3. The molecule has 5 fully saturated rings. The van der Waals surface area contributed by atoms with Crippen LogP contribution in [0.15, 0.2) is 18.2 Å². The SMILES string of the molecule is CNc1cccc(C2CC2)c1C(=N)C(C)CC(=O)N1C2CC3CC1CC(C#N)(C3)C2. The van der Waals surface area contributed by atoms with Crippen molar-refractivity contribution >= 4 is 17.3 Å². The first kappa shape index (κ1) is 19.6. The molecule has 158 valence electrons. The van der Waals surface area contributed by atoms with Gasteiger partial charge in [0.2, 0.25) is 5.91 Å². The van der Waals surface area contributed by atoms with Gasteiger partial charge in [-0.05, 0) is 68.4 Å². The molecular formula is C25H32N4O. The zero-order valence-corrected chi connectivity index (χ0v) is 18.1. The van der Waals surface area contributed by atoms with E-state index in [2.05, 4.69) is 28.4 Å². The molecule has 30 heavy (non-hydrogen) atoms. The highest BCUT2D eigenvalue weighted by Gasteiger charge is 2.56. The lowest BCUT2D eigenvalue weighted by molar-refractivity contribution is -0.153. The molecule has 2 heterocycles. The molecule has 3 atom stereocenters. The summed E-state index contributed by atoms with van der Waals surface area (Å²) in [6, 6.07) is 9.33. The molecule has 3 unspecified atom stereocenters. The number of amides is 1. The molecule has 5 heteroatoms. The number of nitriles is 1. The van der Waals surface area contributed by atoms with Gasteiger partial charge in [-0.25, -0.2) is 0 Å². The topological polar surface area (TPSA) is 80.0 Å². The normalized spacial score (nSPS) is 32.6. The summed E-state index contributed by atoms with van der Waals surface area (Å²) < 4.78 is 0. The van der Waals surface area contributed by atoms with Crippen LogP contribution < -0.4 is 5.32 Å². The molecule has 2 saturated heterocycles. The molecule has 2 aliphatic heterocycles. The number of carbonyl (C=O) groups is 1. The van der Waals surface area contributed by atoms with Crippen molar-refractivity contribution in [1.82, 2.24) is 4.90 Å². The van der Waals surface area contributed by atoms with Crippen LogP contribution in [0.2, 0.25) is 0 Å². The minimum Gasteiger partial charge on any atom is -0.388 e. The molecule has 1 aromatic rings. The van der Waals surface area contributed by atoms with Crippen LogP contribution in [0, 0.1) is 34.0 Å². The smallest absolute Gasteiger partial charge is 0.223 e. The van der Waals surface area contributed by atoms with Crippen LogP contribution >= 0.6 is 0 Å². The molecule has 3 saturated carbocycles. The zero-order chi connectivity index (χ0) is 21.0. The highest BCUT2D eigenvalue weighted by molar-refractivity contribution is 6.07. The molecule has 0 aromatic heterocycles. The standard InChI is InChI=1S/C25H32N4O/c1-15(24(27)23-20(17-6-7-17)4-3-5-21(23)28-2)8-22(30)29-18-9-16-10-19(29)13-25(11-16,12-18)14-26/h3-5,15-19,27-28H,6-13H2,1-2H3. The van der Waals surface area contributed by atoms with E-state index in [0.29, 0.717) is 24.0 Å². The van der Waals surface area contributed by atoms with Crippen molar-refractivity contribution in [2.24, 2.45) is 17.3 Å². The number of hydrogen-bond donors (Lipinski definition) is 2. The summed E-state index contributed by atoms with van der Waals surface area (Å²) in [5, 5.41) is 21.9. The van der Waals surface area contributed by atoms with Gasteiger partial charge >= 0.3 is 0 Å². The third-order valence-electron chi connectivity index (χ3n) is 8.08. The number of nitrogens with one attached hydrogen (secondary N) is 2. The molecular weight excluding hydrogens is 372 g/mol. The number of carbonyl (C=O) groups excluding carboxylic acids is 1. The Kier molecular flexibility index (Phi) is 4.65. The Morgan fingerprint density at radius 2 is 2.00 bits per heavy atom. The third-order valence-corrected chi connectivity index (χ3v) is 8.08. The van der Waals surface area contributed by atoms with Gasteiger partial charge in [-0.1, -0.05) is 19.1 Å². The van der Waals surface area contributed by atoms with Gasteiger partial charge in [0.05, 0.1) is 11.5 Å². The molecule has 5 aliphatic rings. The molecule has 6 rings (SSSR count). The van der Waals surface area contributed by atoms with E-state index in [1.54, 1.807) is 0 Å². The minimum atomic E-state index is -0.184. The number of anilines is 1. The molecule has 4 bridgehead atoms. The predicted molar refractivity (Wildman–Crippen MR) is 118 cm³/mol. The van der Waals surface area contributed by atoms with Crippen molar-refractivity contribution in [1.29, 1.82) is 10.7 Å². The number of rotatable bonds is 6. The Balaban J connectivity index is 1.33. The Labute approximate surface area is 179 Å². The van der Waals surface area contributed by atoms with Crippen LogP contribution in [0.3, 0.4) is 0 Å². The van der Waals surface area contributed by atoms with Crippen LogP contribution in [0.25, 0.3) is 0 Å². The van der Waals surface area contributed by atoms with E-state index in [-0.39, 0.29) is 29.3 Å². The fraction of sp³-hybridized carbons (Fsp3) is 0.640. The molecule has 2 N–H and O–H groups in total. The average Bonchev–Trinajstić information content (AvgIpc) is 3.57. The highest BCUT2D eigenvalue weighted by Crippen LogP contribution is 2.56. The zero-order valence-electron chi connectivity index (χ0n) is 18.1. The van der Waals surface area contributed by atoms with Crippen molar-refractivity contribution in [3.8, 4) is 6.07 Å². The molecule has 1 aromatic carbocycles. The number of nitrogens with zero attached hydrogens (tertiary/aromatic N) is 2. The summed E-state index contributed by atoms with van der Waals surface area (Å²) in [5.41, 5.74) is 3.66. The van der Waals surface area contributed by atoms with Gasteiger partial charge in [-0.2, -0.15) is 5.26 Å². The van der Waals surface area contributed by atoms with Crippen molar-refractivity contribution < 1.29 is 4.79 Å². The lowest BCUT2D eigenvalue weighted by Crippen LogP contribution is -2.63. The average molecular weight is 405 g/mol. The maximum absolute atomic E-state index is 13.4. The van der Waals surface area contributed by atoms with Crippen LogP contribution in [0.5, 0.6) is 0 Å². The van der Waals surface area contributed by atoms with E-state index in [0.717, 1.165) is 43.4 Å². The van der Waals surface area contributed by atoms with Gasteiger partial charge in [0, 0.05) is 48.4 Å². The quantitative estimate of drug-likeness (QED) is 0.676. The van der Waals surface area contributed by atoms with Gasteiger partial charge < -0.3 is 15.6 Å². The maximum Gasteiger partial charge on any atom is 0.223 e. The van der Waals surface area contributed by atoms with Crippen molar-refractivity contribution in [2.75, 3.05) is 12.4 Å². The van der Waals surface area contributed by atoms with E-state index in [1.807, 2.05) is 20.0 Å². The lowest BCUT2D eigenvalue weighted by atomic mass is 9.56. The van der Waals surface area contributed by atoms with E-state index in [9.17, 15) is 10.1 Å². The lowest BCUT2D eigenvalue weighted by Gasteiger charge is -2.59. The number of hydrogen-bond acceptors (Lipinski definition) is 4. The van der Waals surface area contributed by atoms with E-state index in [4.69, 9.17) is 5.41 Å². The summed E-state index contributed by atoms with van der Waals surface area (Å²) in [6.07, 6.45) is 7.63. The fourth-order valence-corrected chi connectivity index (χ4v) is 6.70. The Hall–Kier alpha value is -2.35. The second-order valence-electron chi connectivity index (χ2n) is 10.3. The third kappa shape index (κ3) is 3.12. The predicted octanol–water partition coefficient (Wildman–Crippen LogP) is 4.68. The van der Waals surface area contributed by atoms with E-state index < -0.39 is 0 Å². The molecule has 0 spiro atoms. The highest BCUT2D eigenvalue weighted by atomic mass is 16.2. The number of piperidine rings is 2. The van der Waals surface area contributed by atoms with Crippen LogP contribution in [-0.2, 0) is 4.79 Å². The Morgan fingerprint density at radius 1 is 1.30 bits per heavy atom. The molecule has 1 amide bonds. The van der Waals surface area contributed by atoms with Crippen LogP contribution in [0.1, 0.15) is 75.3 Å². The second kappa shape index (κ2) is 7.11. The first-order chi connectivity index (χ1) is 14.4. The van der Waals surface area contributed by atoms with Gasteiger partial charge in [0.15, 0.2) is 0 Å². The molecule has 0 radical (unpaired) electrons. The van der Waals surface area contributed by atoms with Crippen LogP contribution in [-0.4, -0.2) is 35.7 Å². The molecule has 3 aliphatic carbocycles. The minimum absolute atomic E-state index is 0.119. The van der Waals surface area contributed by atoms with Gasteiger partial charge in [-0.15, -0.1) is 0 Å². The van der Waals surface area contributed by atoms with Crippen molar-refractivity contribution in [3.63, 3.8) is 0 Å². The van der Waals surface area contributed by atoms with E-state index >= 15 is 0 Å². The van der Waals surface area contributed by atoms with Gasteiger partial charge in [-0.3, -0.25) is 4.79 Å². The maximum atomic E-state index is 13.4. The Bertz CT molecular complexity index is 912. The van der Waals surface area contributed by atoms with Crippen molar-refractivity contribution in [2.45, 2.75) is 76.3 Å². The fourth-order valence-electron chi connectivity index (χ4n) is 6.70. The van der Waals surface area contributed by atoms with Crippen LogP contribution in [0.4, 0.5) is 5.69 Å². The monoisotopic (exact) mass is 404 g/mol. The van der Waals surface area contributed by atoms with E-state index in [1.165, 1.54) is 18.4 Å². The summed E-state index contributed by atoms with van der Waals surface area (Å²) in [5.74, 6) is 1.24. The van der Waals surface area contributed by atoms with Crippen molar-refractivity contribution in [3.05, 3.63) is 29.3 Å². The summed E-state index contributed by atoms with van der Waals surface area (Å²) in [7, 11) is 1.91. The molecule has 5 nitrogen and oxygen atoms in total. The first-order valence-corrected chi connectivity index (χ1v) is 11.6. The summed E-state index contributed by atoms with van der Waals surface area (Å²) in [6.45, 7) is 2.03. The number of benzene rings is 1. The summed E-state index contributed by atoms with van der Waals surface area (Å²) >= 11 is 0. The van der Waals surface area contributed by atoms with Gasteiger partial charge in [0.1, 0.15) is 0 Å². The summed E-state index contributed by atoms with van der Waals surface area (Å²) in [4.78, 5) is 15.5. The Morgan fingerprint density at radius 3 is 2.60 bits per heavy atom. The largest absolute Gasteiger partial charge is 0.388 e.